The van der Waals surface area contributed by atoms with Crippen molar-refractivity contribution < 1.29 is 23.8 Å². The first-order valence-corrected chi connectivity index (χ1v) is 8.76. The molecule has 27 heavy (non-hydrogen) atoms. The second-order valence-electron chi connectivity index (χ2n) is 6.88. The van der Waals surface area contributed by atoms with Gasteiger partial charge in [0.2, 0.25) is 0 Å². The van der Waals surface area contributed by atoms with Gasteiger partial charge in [-0.1, -0.05) is 12.1 Å². The van der Waals surface area contributed by atoms with Crippen LogP contribution < -0.4 is 9.47 Å². The van der Waals surface area contributed by atoms with Gasteiger partial charge >= 0.3 is 0 Å². The van der Waals surface area contributed by atoms with Crippen LogP contribution in [-0.2, 0) is 4.74 Å². The van der Waals surface area contributed by atoms with E-state index in [9.17, 15) is 9.59 Å². The quantitative estimate of drug-likeness (QED) is 0.528. The zero-order valence-electron chi connectivity index (χ0n) is 15.7. The molecular formula is C21H23NO5. The van der Waals surface area contributed by atoms with Gasteiger partial charge in [0.25, 0.3) is 11.8 Å². The molecule has 1 aliphatic heterocycles. The van der Waals surface area contributed by atoms with Gasteiger partial charge in [0.15, 0.2) is 0 Å². The van der Waals surface area contributed by atoms with E-state index in [4.69, 9.17) is 14.2 Å². The fourth-order valence-corrected chi connectivity index (χ4v) is 3.02. The Bertz CT molecular complexity index is 794. The monoisotopic (exact) mass is 369 g/mol. The van der Waals surface area contributed by atoms with E-state index in [-0.39, 0.29) is 18.4 Å². The van der Waals surface area contributed by atoms with Crippen molar-refractivity contribution >= 4 is 11.8 Å². The molecule has 0 saturated carbocycles. The topological polar surface area (TPSA) is 65.1 Å². The maximum Gasteiger partial charge on any atom is 0.262 e. The van der Waals surface area contributed by atoms with E-state index < -0.39 is 5.54 Å². The summed E-state index contributed by atoms with van der Waals surface area (Å²) in [5, 5.41) is 0. The second kappa shape index (κ2) is 7.80. The van der Waals surface area contributed by atoms with Crippen molar-refractivity contribution in [2.75, 3.05) is 26.9 Å². The highest BCUT2D eigenvalue weighted by molar-refractivity contribution is 6.21. The number of carbonyl (C=O) groups excluding carboxylic acids is 2. The average molecular weight is 369 g/mol. The van der Waals surface area contributed by atoms with Gasteiger partial charge in [-0.2, -0.15) is 0 Å². The van der Waals surface area contributed by atoms with Crippen molar-refractivity contribution in [1.29, 1.82) is 0 Å². The summed E-state index contributed by atoms with van der Waals surface area (Å²) in [6, 6.07) is 14.2. The number of methoxy groups -OCH3 is 1. The summed E-state index contributed by atoms with van der Waals surface area (Å²) < 4.78 is 16.4. The predicted molar refractivity (Wildman–Crippen MR) is 100 cm³/mol. The van der Waals surface area contributed by atoms with E-state index in [1.54, 1.807) is 31.4 Å². The van der Waals surface area contributed by atoms with Crippen LogP contribution in [0.25, 0.3) is 0 Å². The first kappa shape index (κ1) is 18.9. The molecule has 142 valence electrons. The summed E-state index contributed by atoms with van der Waals surface area (Å²) in [6.07, 6.45) is 0. The van der Waals surface area contributed by atoms with Crippen LogP contribution in [0, 0.1) is 0 Å². The highest BCUT2D eigenvalue weighted by atomic mass is 16.5. The minimum absolute atomic E-state index is 0.227. The van der Waals surface area contributed by atoms with Crippen molar-refractivity contribution in [3.63, 3.8) is 0 Å². The fourth-order valence-electron chi connectivity index (χ4n) is 3.02. The van der Waals surface area contributed by atoms with Gasteiger partial charge in [-0.3, -0.25) is 14.5 Å². The van der Waals surface area contributed by atoms with Gasteiger partial charge in [0.1, 0.15) is 18.1 Å². The number of imide groups is 1. The lowest BCUT2D eigenvalue weighted by molar-refractivity contribution is 0.0103. The van der Waals surface area contributed by atoms with E-state index >= 15 is 0 Å². The van der Waals surface area contributed by atoms with Gasteiger partial charge < -0.3 is 14.2 Å². The Balaban J connectivity index is 1.50. The van der Waals surface area contributed by atoms with E-state index in [1.807, 2.05) is 38.1 Å². The van der Waals surface area contributed by atoms with Crippen molar-refractivity contribution in [2.24, 2.45) is 0 Å². The van der Waals surface area contributed by atoms with Crippen LogP contribution in [0.1, 0.15) is 34.6 Å². The summed E-state index contributed by atoms with van der Waals surface area (Å²) in [6.45, 7) is 4.58. The largest absolute Gasteiger partial charge is 0.497 e. The molecule has 2 aromatic rings. The van der Waals surface area contributed by atoms with Crippen LogP contribution in [0.15, 0.2) is 48.5 Å². The van der Waals surface area contributed by atoms with Crippen molar-refractivity contribution in [3.05, 3.63) is 59.7 Å². The van der Waals surface area contributed by atoms with Crippen molar-refractivity contribution in [1.82, 2.24) is 4.90 Å². The Kier molecular flexibility index (Phi) is 5.46. The minimum atomic E-state index is -0.757. The molecule has 0 atom stereocenters. The highest BCUT2D eigenvalue weighted by Gasteiger charge is 2.43. The Hall–Kier alpha value is -2.86. The third-order valence-electron chi connectivity index (χ3n) is 4.41. The molecule has 0 radical (unpaired) electrons. The van der Waals surface area contributed by atoms with Crippen molar-refractivity contribution in [3.8, 4) is 11.5 Å². The molecule has 3 rings (SSSR count). The number of benzene rings is 2. The van der Waals surface area contributed by atoms with E-state index in [1.165, 1.54) is 4.90 Å². The van der Waals surface area contributed by atoms with Crippen molar-refractivity contribution in [2.45, 2.75) is 19.4 Å². The minimum Gasteiger partial charge on any atom is -0.497 e. The normalized spacial score (nSPS) is 13.7. The summed E-state index contributed by atoms with van der Waals surface area (Å²) in [7, 11) is 1.61. The number of fused-ring (bicyclic) bond motifs is 1. The Labute approximate surface area is 158 Å². The number of hydrogen-bond acceptors (Lipinski definition) is 5. The van der Waals surface area contributed by atoms with Crippen LogP contribution in [0.3, 0.4) is 0 Å². The molecule has 0 fully saturated rings. The molecule has 2 amide bonds. The SMILES string of the molecule is COc1ccc(OCCOCC(C)(C)N2C(=O)c3ccccc3C2=O)cc1. The molecule has 0 saturated heterocycles. The molecule has 0 N–H and O–H groups in total. The number of nitrogens with zero attached hydrogens (tertiary/aromatic N) is 1. The molecule has 0 unspecified atom stereocenters. The lowest BCUT2D eigenvalue weighted by atomic mass is 10.0. The molecule has 1 aliphatic rings. The average Bonchev–Trinajstić information content (AvgIpc) is 2.93. The van der Waals surface area contributed by atoms with Gasteiger partial charge in [-0.25, -0.2) is 0 Å². The van der Waals surface area contributed by atoms with Crippen LogP contribution in [0.2, 0.25) is 0 Å². The number of amides is 2. The van der Waals surface area contributed by atoms with Gasteiger partial charge in [0, 0.05) is 0 Å². The fraction of sp³-hybridized carbons (Fsp3) is 0.333. The second-order valence-corrected chi connectivity index (χ2v) is 6.88. The number of rotatable bonds is 8. The number of carbonyl (C=O) groups is 2. The van der Waals surface area contributed by atoms with Gasteiger partial charge in [0.05, 0.1) is 37.0 Å². The molecule has 6 nitrogen and oxygen atoms in total. The summed E-state index contributed by atoms with van der Waals surface area (Å²) in [4.78, 5) is 26.5. The zero-order valence-corrected chi connectivity index (χ0v) is 15.7. The van der Waals surface area contributed by atoms with Crippen LogP contribution in [0.4, 0.5) is 0 Å². The van der Waals surface area contributed by atoms with Crippen LogP contribution in [-0.4, -0.2) is 49.2 Å². The maximum absolute atomic E-state index is 12.6. The van der Waals surface area contributed by atoms with Gasteiger partial charge in [-0.15, -0.1) is 0 Å². The molecular weight excluding hydrogens is 346 g/mol. The third-order valence-corrected chi connectivity index (χ3v) is 4.41. The molecule has 0 spiro atoms. The predicted octanol–water partition coefficient (Wildman–Crippen LogP) is 3.17. The van der Waals surface area contributed by atoms with E-state index in [0.717, 1.165) is 11.5 Å². The first-order chi connectivity index (χ1) is 12.9. The summed E-state index contributed by atoms with van der Waals surface area (Å²) >= 11 is 0. The molecule has 2 aromatic carbocycles. The van der Waals surface area contributed by atoms with Crippen LogP contribution in [0.5, 0.6) is 11.5 Å². The van der Waals surface area contributed by atoms with Gasteiger partial charge in [-0.05, 0) is 50.2 Å². The lowest BCUT2D eigenvalue weighted by Crippen LogP contribution is -2.50. The first-order valence-electron chi connectivity index (χ1n) is 8.76. The smallest absolute Gasteiger partial charge is 0.262 e. The van der Waals surface area contributed by atoms with E-state index in [0.29, 0.717) is 24.3 Å². The highest BCUT2D eigenvalue weighted by Crippen LogP contribution is 2.29. The number of ether oxygens (including phenoxy) is 3. The molecule has 1 heterocycles. The Morgan fingerprint density at radius 3 is 1.96 bits per heavy atom. The lowest BCUT2D eigenvalue weighted by Gasteiger charge is -2.33. The molecule has 0 aromatic heterocycles. The Morgan fingerprint density at radius 1 is 0.852 bits per heavy atom. The molecule has 6 heteroatoms. The molecule has 0 aliphatic carbocycles. The van der Waals surface area contributed by atoms with E-state index in [2.05, 4.69) is 0 Å². The van der Waals surface area contributed by atoms with Crippen LogP contribution >= 0.6 is 0 Å². The zero-order chi connectivity index (χ0) is 19.4. The maximum atomic E-state index is 12.6. The molecule has 0 bridgehead atoms. The summed E-state index contributed by atoms with van der Waals surface area (Å²) in [5.41, 5.74) is 0.129. The summed E-state index contributed by atoms with van der Waals surface area (Å²) in [5.74, 6) is 0.928. The standard InChI is InChI=1S/C21H23NO5/c1-21(2,22-19(23)17-6-4-5-7-18(17)20(22)24)14-26-12-13-27-16-10-8-15(25-3)9-11-16/h4-11H,12-14H2,1-3H3. The number of hydrogen-bond donors (Lipinski definition) is 0. The third kappa shape index (κ3) is 3.95. The Morgan fingerprint density at radius 2 is 1.41 bits per heavy atom.